The van der Waals surface area contributed by atoms with E-state index < -0.39 is 18.0 Å². The molecule has 0 saturated carbocycles. The van der Waals surface area contributed by atoms with Crippen LogP contribution in [-0.4, -0.2) is 41.1 Å². The summed E-state index contributed by atoms with van der Waals surface area (Å²) in [5.74, 6) is 1.25. The van der Waals surface area contributed by atoms with Crippen LogP contribution < -0.4 is 5.32 Å². The molecule has 0 aliphatic rings. The van der Waals surface area contributed by atoms with Gasteiger partial charge in [0.25, 0.3) is 0 Å². The number of carboxylic acids is 1. The molecule has 2 amide bonds. The summed E-state index contributed by atoms with van der Waals surface area (Å²) in [6.07, 6.45) is 6.64. The van der Waals surface area contributed by atoms with Crippen molar-refractivity contribution in [3.8, 4) is 12.3 Å². The summed E-state index contributed by atoms with van der Waals surface area (Å²) in [7, 11) is 0. The molecule has 102 valence electrons. The summed E-state index contributed by atoms with van der Waals surface area (Å²) in [5.41, 5.74) is 0. The lowest BCUT2D eigenvalue weighted by Gasteiger charge is -2.25. The standard InChI is InChI=1S/C13H22N2O3/c1-5-8-15(9-6-2)13(18)14-11(12(16)17)10(4)7-3/h1,10-11H,6-9H2,2-4H3,(H,14,18)(H,16,17)/t10?,11-/m0/s1. The smallest absolute Gasteiger partial charge is 0.326 e. The first-order valence-corrected chi connectivity index (χ1v) is 6.19. The number of carbonyl (C=O) groups is 2. The van der Waals surface area contributed by atoms with Crippen LogP contribution in [0.15, 0.2) is 0 Å². The molecule has 0 aliphatic carbocycles. The first kappa shape index (κ1) is 16.3. The second kappa shape index (κ2) is 8.40. The Morgan fingerprint density at radius 2 is 2.06 bits per heavy atom. The minimum absolute atomic E-state index is 0.124. The van der Waals surface area contributed by atoms with E-state index in [2.05, 4.69) is 11.2 Å². The average molecular weight is 254 g/mol. The van der Waals surface area contributed by atoms with E-state index in [9.17, 15) is 9.59 Å². The van der Waals surface area contributed by atoms with Crippen molar-refractivity contribution in [2.45, 2.75) is 39.7 Å². The Balaban J connectivity index is 4.66. The highest BCUT2D eigenvalue weighted by Gasteiger charge is 2.26. The van der Waals surface area contributed by atoms with Gasteiger partial charge in [0.2, 0.25) is 0 Å². The zero-order chi connectivity index (χ0) is 14.1. The van der Waals surface area contributed by atoms with E-state index in [0.29, 0.717) is 13.0 Å². The van der Waals surface area contributed by atoms with Crippen LogP contribution in [-0.2, 0) is 4.79 Å². The Bertz CT molecular complexity index is 323. The van der Waals surface area contributed by atoms with E-state index >= 15 is 0 Å². The first-order chi connectivity index (χ1) is 8.47. The maximum atomic E-state index is 11.9. The Morgan fingerprint density at radius 3 is 2.44 bits per heavy atom. The van der Waals surface area contributed by atoms with Gasteiger partial charge in [-0.15, -0.1) is 6.42 Å². The highest BCUT2D eigenvalue weighted by Crippen LogP contribution is 2.08. The Morgan fingerprint density at radius 1 is 1.44 bits per heavy atom. The lowest BCUT2D eigenvalue weighted by molar-refractivity contribution is -0.140. The lowest BCUT2D eigenvalue weighted by atomic mass is 9.99. The first-order valence-electron chi connectivity index (χ1n) is 6.19. The molecule has 18 heavy (non-hydrogen) atoms. The lowest BCUT2D eigenvalue weighted by Crippen LogP contribution is -2.50. The van der Waals surface area contributed by atoms with Crippen LogP contribution in [0.25, 0.3) is 0 Å². The molecule has 0 fully saturated rings. The van der Waals surface area contributed by atoms with Gasteiger partial charge in [0.15, 0.2) is 0 Å². The minimum atomic E-state index is -1.02. The van der Waals surface area contributed by atoms with Crippen LogP contribution in [0.4, 0.5) is 4.79 Å². The number of nitrogens with one attached hydrogen (secondary N) is 1. The number of carboxylic acid groups (broad SMARTS) is 1. The van der Waals surface area contributed by atoms with Crippen molar-refractivity contribution in [2.75, 3.05) is 13.1 Å². The van der Waals surface area contributed by atoms with E-state index in [1.54, 1.807) is 6.92 Å². The average Bonchev–Trinajstić information content (AvgIpc) is 2.34. The highest BCUT2D eigenvalue weighted by molar-refractivity contribution is 5.82. The molecule has 5 heteroatoms. The SMILES string of the molecule is C#CCN(CCC)C(=O)N[C@H](C(=O)O)C(C)CC. The monoisotopic (exact) mass is 254 g/mol. The van der Waals surface area contributed by atoms with Crippen molar-refractivity contribution in [1.82, 2.24) is 10.2 Å². The maximum absolute atomic E-state index is 11.9. The number of nitrogens with zero attached hydrogens (tertiary/aromatic N) is 1. The van der Waals surface area contributed by atoms with Gasteiger partial charge in [-0.05, 0) is 12.3 Å². The summed E-state index contributed by atoms with van der Waals surface area (Å²) in [6, 6.07) is -1.29. The van der Waals surface area contributed by atoms with Gasteiger partial charge in [0.05, 0.1) is 6.54 Å². The van der Waals surface area contributed by atoms with E-state index in [1.165, 1.54) is 4.90 Å². The topological polar surface area (TPSA) is 69.6 Å². The number of urea groups is 1. The van der Waals surface area contributed by atoms with Crippen molar-refractivity contribution < 1.29 is 14.7 Å². The van der Waals surface area contributed by atoms with Gasteiger partial charge < -0.3 is 15.3 Å². The number of hydrogen-bond acceptors (Lipinski definition) is 2. The molecular formula is C13H22N2O3. The van der Waals surface area contributed by atoms with Crippen LogP contribution in [0.1, 0.15) is 33.6 Å². The Hall–Kier alpha value is -1.70. The second-order valence-corrected chi connectivity index (χ2v) is 4.28. The molecular weight excluding hydrogens is 232 g/mol. The third kappa shape index (κ3) is 5.09. The molecule has 1 unspecified atom stereocenters. The molecule has 0 bridgehead atoms. The molecule has 0 radical (unpaired) electrons. The number of hydrogen-bond donors (Lipinski definition) is 2. The maximum Gasteiger partial charge on any atom is 0.326 e. The van der Waals surface area contributed by atoms with Gasteiger partial charge in [-0.3, -0.25) is 0 Å². The molecule has 2 atom stereocenters. The number of amides is 2. The van der Waals surface area contributed by atoms with E-state index in [4.69, 9.17) is 11.5 Å². The predicted octanol–water partition coefficient (Wildman–Crippen LogP) is 1.54. The summed E-state index contributed by atoms with van der Waals surface area (Å²) < 4.78 is 0. The zero-order valence-corrected chi connectivity index (χ0v) is 11.3. The quantitative estimate of drug-likeness (QED) is 0.677. The van der Waals surface area contributed by atoms with Crippen molar-refractivity contribution >= 4 is 12.0 Å². The van der Waals surface area contributed by atoms with Crippen molar-refractivity contribution in [2.24, 2.45) is 5.92 Å². The van der Waals surface area contributed by atoms with Crippen molar-refractivity contribution in [3.63, 3.8) is 0 Å². The van der Waals surface area contributed by atoms with Crippen LogP contribution in [0.3, 0.4) is 0 Å². The largest absolute Gasteiger partial charge is 0.480 e. The zero-order valence-electron chi connectivity index (χ0n) is 11.3. The van der Waals surface area contributed by atoms with Gasteiger partial charge in [0.1, 0.15) is 6.04 Å². The molecule has 0 spiro atoms. The molecule has 0 aliphatic heterocycles. The summed E-state index contributed by atoms with van der Waals surface area (Å²) >= 11 is 0. The van der Waals surface area contributed by atoms with Gasteiger partial charge >= 0.3 is 12.0 Å². The molecule has 0 aromatic rings. The number of rotatable bonds is 7. The molecule has 0 aromatic carbocycles. The summed E-state index contributed by atoms with van der Waals surface area (Å²) in [4.78, 5) is 24.5. The van der Waals surface area contributed by atoms with Gasteiger partial charge in [-0.1, -0.05) is 33.1 Å². The van der Waals surface area contributed by atoms with Crippen LogP contribution in [0.5, 0.6) is 0 Å². The summed E-state index contributed by atoms with van der Waals surface area (Å²) in [5, 5.41) is 11.6. The Labute approximate surface area is 109 Å². The Kier molecular flexibility index (Phi) is 7.61. The predicted molar refractivity (Wildman–Crippen MR) is 70.1 cm³/mol. The van der Waals surface area contributed by atoms with Crippen LogP contribution in [0.2, 0.25) is 0 Å². The fourth-order valence-corrected chi connectivity index (χ4v) is 1.54. The van der Waals surface area contributed by atoms with E-state index in [1.807, 2.05) is 13.8 Å². The van der Waals surface area contributed by atoms with Gasteiger partial charge in [-0.2, -0.15) is 0 Å². The molecule has 0 aromatic heterocycles. The number of terminal acetylenes is 1. The fraction of sp³-hybridized carbons (Fsp3) is 0.692. The van der Waals surface area contributed by atoms with Gasteiger partial charge in [-0.25, -0.2) is 9.59 Å². The van der Waals surface area contributed by atoms with Crippen molar-refractivity contribution in [1.29, 1.82) is 0 Å². The molecule has 2 N–H and O–H groups in total. The third-order valence-corrected chi connectivity index (χ3v) is 2.82. The van der Waals surface area contributed by atoms with Gasteiger partial charge in [0, 0.05) is 6.54 Å². The minimum Gasteiger partial charge on any atom is -0.480 e. The highest BCUT2D eigenvalue weighted by atomic mass is 16.4. The fourth-order valence-electron chi connectivity index (χ4n) is 1.54. The number of aliphatic carboxylic acids is 1. The molecule has 0 saturated heterocycles. The molecule has 0 rings (SSSR count). The molecule has 5 nitrogen and oxygen atoms in total. The normalized spacial score (nSPS) is 13.2. The van der Waals surface area contributed by atoms with Crippen LogP contribution >= 0.6 is 0 Å². The number of carbonyl (C=O) groups excluding carboxylic acids is 1. The summed E-state index contributed by atoms with van der Waals surface area (Å²) in [6.45, 7) is 6.32. The van der Waals surface area contributed by atoms with Crippen LogP contribution in [0, 0.1) is 18.3 Å². The van der Waals surface area contributed by atoms with E-state index in [-0.39, 0.29) is 12.5 Å². The van der Waals surface area contributed by atoms with Crippen molar-refractivity contribution in [3.05, 3.63) is 0 Å². The molecule has 0 heterocycles. The second-order valence-electron chi connectivity index (χ2n) is 4.28. The van der Waals surface area contributed by atoms with E-state index in [0.717, 1.165) is 6.42 Å². The third-order valence-electron chi connectivity index (χ3n) is 2.82.